The van der Waals surface area contributed by atoms with Crippen LogP contribution in [0.3, 0.4) is 0 Å². The summed E-state index contributed by atoms with van der Waals surface area (Å²) >= 11 is 0. The molecule has 4 aliphatic rings. The molecule has 4 N–H and O–H groups in total. The maximum atomic E-state index is 12.6. The predicted molar refractivity (Wildman–Crippen MR) is 173 cm³/mol. The summed E-state index contributed by atoms with van der Waals surface area (Å²) in [5.74, 6) is 0.847. The highest BCUT2D eigenvalue weighted by molar-refractivity contribution is 5.87. The van der Waals surface area contributed by atoms with E-state index in [4.69, 9.17) is 0 Å². The maximum Gasteiger partial charge on any atom is 0.243 e. The highest BCUT2D eigenvalue weighted by Crippen LogP contribution is 2.48. The largest absolute Gasteiger partial charge is 0.393 e. The van der Waals surface area contributed by atoms with Gasteiger partial charge in [0.25, 0.3) is 0 Å². The van der Waals surface area contributed by atoms with Gasteiger partial charge in [-0.05, 0) is 86.8 Å². The summed E-state index contributed by atoms with van der Waals surface area (Å²) in [6.45, 7) is 4.76. The van der Waals surface area contributed by atoms with Gasteiger partial charge in [0.15, 0.2) is 0 Å². The minimum atomic E-state index is -0.574. The number of anilines is 1. The Labute approximate surface area is 258 Å². The van der Waals surface area contributed by atoms with E-state index in [2.05, 4.69) is 53.8 Å². The number of Topliss-reactive ketones (excluding diaryl/α,β-unsaturated/α-hetero) is 1. The number of hydrogen-bond acceptors (Lipinski definition) is 6. The van der Waals surface area contributed by atoms with Crippen LogP contribution in [0.5, 0.6) is 0 Å². The SMILES string of the molecule is CCCCC[C@H](O)CC[C@H]1[C@H](O)CC(=O)[C@@H]1CCCCC=CC(=O)NC[C@@H]1C=C2c3cccc4c3C(CN4)C[C@H]2N(C)C1. The molecule has 1 aromatic carbocycles. The molecule has 5 rings (SSSR count). The minimum absolute atomic E-state index is 0.0340. The van der Waals surface area contributed by atoms with Crippen LogP contribution in [-0.4, -0.2) is 71.7 Å². The maximum absolute atomic E-state index is 12.6. The molecular weight excluding hydrogens is 538 g/mol. The van der Waals surface area contributed by atoms with Crippen LogP contribution < -0.4 is 10.6 Å². The van der Waals surface area contributed by atoms with Gasteiger partial charge in [-0.2, -0.15) is 0 Å². The molecule has 0 aromatic heterocycles. The molecule has 0 spiro atoms. The lowest BCUT2D eigenvalue weighted by atomic mass is 9.74. The van der Waals surface area contributed by atoms with Crippen LogP contribution in [0.15, 0.2) is 36.4 Å². The lowest BCUT2D eigenvalue weighted by Crippen LogP contribution is -2.45. The first-order valence-electron chi connectivity index (χ1n) is 17.0. The second-order valence-corrected chi connectivity index (χ2v) is 13.6. The number of unbranched alkanes of at least 4 members (excludes halogenated alkanes) is 4. The Hall–Kier alpha value is -2.48. The van der Waals surface area contributed by atoms with Crippen molar-refractivity contribution in [2.24, 2.45) is 17.8 Å². The van der Waals surface area contributed by atoms with Crippen molar-refractivity contribution in [3.8, 4) is 0 Å². The fraction of sp³-hybridized carbons (Fsp3) is 0.667. The van der Waals surface area contributed by atoms with Gasteiger partial charge in [0, 0.05) is 55.5 Å². The molecule has 236 valence electrons. The van der Waals surface area contributed by atoms with Crippen molar-refractivity contribution in [2.45, 2.75) is 108 Å². The molecule has 43 heavy (non-hydrogen) atoms. The molecule has 7 nitrogen and oxygen atoms in total. The van der Waals surface area contributed by atoms with Crippen LogP contribution in [-0.2, 0) is 9.59 Å². The van der Waals surface area contributed by atoms with Gasteiger partial charge in [-0.15, -0.1) is 0 Å². The van der Waals surface area contributed by atoms with Gasteiger partial charge in [0.2, 0.25) is 5.91 Å². The van der Waals surface area contributed by atoms with E-state index in [0.29, 0.717) is 31.3 Å². The Morgan fingerprint density at radius 3 is 2.88 bits per heavy atom. The molecule has 2 aliphatic heterocycles. The van der Waals surface area contributed by atoms with Crippen LogP contribution in [0.2, 0.25) is 0 Å². The summed E-state index contributed by atoms with van der Waals surface area (Å²) in [6, 6.07) is 7.05. The van der Waals surface area contributed by atoms with Gasteiger partial charge >= 0.3 is 0 Å². The van der Waals surface area contributed by atoms with Gasteiger partial charge in [-0.3, -0.25) is 14.5 Å². The van der Waals surface area contributed by atoms with Crippen molar-refractivity contribution < 1.29 is 19.8 Å². The molecule has 0 saturated heterocycles. The molecule has 1 unspecified atom stereocenters. The lowest BCUT2D eigenvalue weighted by molar-refractivity contribution is -0.121. The van der Waals surface area contributed by atoms with Crippen molar-refractivity contribution in [1.82, 2.24) is 10.2 Å². The third-order valence-electron chi connectivity index (χ3n) is 10.5. The van der Waals surface area contributed by atoms with Crippen LogP contribution >= 0.6 is 0 Å². The molecule has 1 aromatic rings. The lowest BCUT2D eigenvalue weighted by Gasteiger charge is -2.42. The number of rotatable bonds is 15. The minimum Gasteiger partial charge on any atom is -0.393 e. The smallest absolute Gasteiger partial charge is 0.243 e. The number of allylic oxidation sites excluding steroid dienone is 1. The van der Waals surface area contributed by atoms with E-state index in [9.17, 15) is 19.8 Å². The van der Waals surface area contributed by atoms with Crippen LogP contribution in [0, 0.1) is 17.8 Å². The monoisotopic (exact) mass is 591 g/mol. The van der Waals surface area contributed by atoms with Gasteiger partial charge in [-0.25, -0.2) is 0 Å². The van der Waals surface area contributed by atoms with E-state index >= 15 is 0 Å². The third-order valence-corrected chi connectivity index (χ3v) is 10.5. The number of carbonyl (C=O) groups is 2. The van der Waals surface area contributed by atoms with Crippen molar-refractivity contribution in [2.75, 3.05) is 32.0 Å². The number of carbonyl (C=O) groups excluding carboxylic acids is 2. The van der Waals surface area contributed by atoms with Gasteiger partial charge in [-0.1, -0.05) is 56.9 Å². The summed E-state index contributed by atoms with van der Waals surface area (Å²) in [6.07, 6.45) is 15.3. The van der Waals surface area contributed by atoms with Crippen molar-refractivity contribution >= 4 is 23.0 Å². The second kappa shape index (κ2) is 15.0. The zero-order valence-electron chi connectivity index (χ0n) is 26.3. The standard InChI is InChI=1S/C36H53N3O4/c1-3-4-7-11-26(40)16-17-28-27(33(41)20-34(28)42)12-8-5-6-9-15-35(43)38-21-24-18-30-29-13-10-14-31-36(29)25(22-37-31)19-32(30)39(2)23-24/h9-10,13-15,18,24-28,32,34,37,40,42H,3-8,11-12,16-17,19-23H2,1-2H3,(H,38,43)/t24-,25?,26-,27+,28+,32+,34+/m0/s1. The first kappa shape index (κ1) is 31.9. The Balaban J connectivity index is 1.02. The van der Waals surface area contributed by atoms with Gasteiger partial charge in [0.05, 0.1) is 12.2 Å². The average molecular weight is 592 g/mol. The normalized spacial score (nSPS) is 28.8. The topological polar surface area (TPSA) is 102 Å². The van der Waals surface area contributed by atoms with Gasteiger partial charge in [0.1, 0.15) is 5.78 Å². The Morgan fingerprint density at radius 1 is 1.19 bits per heavy atom. The summed E-state index contributed by atoms with van der Waals surface area (Å²) in [5, 5.41) is 27.5. The van der Waals surface area contributed by atoms with E-state index in [1.54, 1.807) is 6.08 Å². The third kappa shape index (κ3) is 7.79. The summed E-state index contributed by atoms with van der Waals surface area (Å²) in [5.41, 5.74) is 5.56. The number of amides is 1. The van der Waals surface area contributed by atoms with E-state index in [-0.39, 0.29) is 42.0 Å². The first-order valence-corrected chi connectivity index (χ1v) is 17.0. The number of aliphatic hydroxyl groups is 2. The second-order valence-electron chi connectivity index (χ2n) is 13.6. The number of aliphatic hydroxyl groups excluding tert-OH is 2. The fourth-order valence-electron chi connectivity index (χ4n) is 8.12. The highest BCUT2D eigenvalue weighted by atomic mass is 16.3. The number of ketones is 1. The number of hydrogen-bond donors (Lipinski definition) is 4. The molecule has 0 radical (unpaired) electrons. The summed E-state index contributed by atoms with van der Waals surface area (Å²) < 4.78 is 0. The molecular formula is C36H53N3O4. The van der Waals surface area contributed by atoms with Crippen molar-refractivity contribution in [1.29, 1.82) is 0 Å². The van der Waals surface area contributed by atoms with Crippen LogP contribution in [0.4, 0.5) is 5.69 Å². The fourth-order valence-corrected chi connectivity index (χ4v) is 8.12. The molecule has 2 aliphatic carbocycles. The number of benzene rings is 1. The molecule has 1 fully saturated rings. The zero-order valence-corrected chi connectivity index (χ0v) is 26.3. The molecule has 7 heteroatoms. The quantitative estimate of drug-likeness (QED) is 0.160. The van der Waals surface area contributed by atoms with Crippen molar-refractivity contribution in [3.63, 3.8) is 0 Å². The Morgan fingerprint density at radius 2 is 2.05 bits per heavy atom. The number of nitrogens with zero attached hydrogens (tertiary/aromatic N) is 1. The Bertz CT molecular complexity index is 1180. The Kier molecular flexibility index (Phi) is 11.1. The molecule has 7 atom stereocenters. The average Bonchev–Trinajstić information content (AvgIpc) is 3.53. The summed E-state index contributed by atoms with van der Waals surface area (Å²) in [4.78, 5) is 27.6. The highest BCUT2D eigenvalue weighted by Gasteiger charge is 2.41. The predicted octanol–water partition coefficient (Wildman–Crippen LogP) is 5.43. The molecule has 0 bridgehead atoms. The molecule has 1 amide bonds. The van der Waals surface area contributed by atoms with E-state index in [1.807, 2.05) is 6.08 Å². The molecule has 2 heterocycles. The van der Waals surface area contributed by atoms with Crippen molar-refractivity contribution in [3.05, 3.63) is 47.6 Å². The number of likely N-dealkylation sites (N-methyl/N-ethyl adjacent to an activating group) is 1. The van der Waals surface area contributed by atoms with Gasteiger partial charge < -0.3 is 20.8 Å². The van der Waals surface area contributed by atoms with E-state index < -0.39 is 6.10 Å². The van der Waals surface area contributed by atoms with Crippen LogP contribution in [0.25, 0.3) is 5.57 Å². The zero-order chi connectivity index (χ0) is 30.3. The molecule has 1 saturated carbocycles. The number of nitrogens with one attached hydrogen (secondary N) is 2. The van der Waals surface area contributed by atoms with E-state index in [0.717, 1.165) is 70.9 Å². The number of fused-ring (bicyclic) bond motifs is 2. The first-order chi connectivity index (χ1) is 20.9. The summed E-state index contributed by atoms with van der Waals surface area (Å²) in [7, 11) is 2.21. The van der Waals surface area contributed by atoms with Crippen LogP contribution in [0.1, 0.15) is 101 Å². The van der Waals surface area contributed by atoms with E-state index in [1.165, 1.54) is 22.4 Å².